The van der Waals surface area contributed by atoms with Crippen LogP contribution in [0.3, 0.4) is 0 Å². The molecule has 6 heteroatoms. The molecule has 1 heterocycles. The highest BCUT2D eigenvalue weighted by Crippen LogP contribution is 2.11. The lowest BCUT2D eigenvalue weighted by molar-refractivity contribution is -0.121. The maximum Gasteiger partial charge on any atom is 0.410 e. The van der Waals surface area contributed by atoms with Crippen molar-refractivity contribution in [3.05, 3.63) is 35.9 Å². The Kier molecular flexibility index (Phi) is 8.10. The number of nitrogens with zero attached hydrogens (tertiary/aromatic N) is 2. The summed E-state index contributed by atoms with van der Waals surface area (Å²) in [7, 11) is 0. The van der Waals surface area contributed by atoms with Crippen molar-refractivity contribution in [2.45, 2.75) is 45.6 Å². The van der Waals surface area contributed by atoms with Crippen LogP contribution in [-0.4, -0.2) is 66.7 Å². The van der Waals surface area contributed by atoms with Crippen LogP contribution in [0.5, 0.6) is 0 Å². The summed E-state index contributed by atoms with van der Waals surface area (Å²) in [5, 5.41) is 3.00. The fraction of sp³-hybridized carbons (Fsp3) is 0.619. The number of amides is 2. The molecule has 0 spiro atoms. The predicted molar refractivity (Wildman–Crippen MR) is 107 cm³/mol. The number of nitrogens with one attached hydrogen (secondary N) is 1. The third-order valence-electron chi connectivity index (χ3n) is 4.49. The van der Waals surface area contributed by atoms with Crippen LogP contribution in [-0.2, 0) is 16.0 Å². The first-order chi connectivity index (χ1) is 12.8. The zero-order valence-electron chi connectivity index (χ0n) is 16.9. The molecule has 0 radical (unpaired) electrons. The largest absolute Gasteiger partial charge is 0.444 e. The van der Waals surface area contributed by atoms with E-state index < -0.39 is 5.60 Å². The quantitative estimate of drug-likeness (QED) is 0.796. The van der Waals surface area contributed by atoms with Gasteiger partial charge in [0.1, 0.15) is 5.60 Å². The Balaban J connectivity index is 1.55. The minimum atomic E-state index is -0.459. The van der Waals surface area contributed by atoms with Crippen molar-refractivity contribution in [3.8, 4) is 0 Å². The summed E-state index contributed by atoms with van der Waals surface area (Å²) in [6.45, 7) is 10.0. The molecule has 1 aromatic rings. The number of carbonyl (C=O) groups is 2. The molecular weight excluding hydrogens is 342 g/mol. The molecule has 0 aliphatic carbocycles. The Morgan fingerprint density at radius 1 is 1.07 bits per heavy atom. The number of aryl methyl sites for hydroxylation is 1. The maximum atomic E-state index is 12.1. The average Bonchev–Trinajstić information content (AvgIpc) is 2.62. The lowest BCUT2D eigenvalue weighted by atomic mass is 10.1. The number of hydrogen-bond donors (Lipinski definition) is 1. The van der Waals surface area contributed by atoms with Gasteiger partial charge in [-0.1, -0.05) is 30.3 Å². The van der Waals surface area contributed by atoms with E-state index in [1.54, 1.807) is 4.90 Å². The molecule has 2 rings (SSSR count). The monoisotopic (exact) mass is 375 g/mol. The molecule has 27 heavy (non-hydrogen) atoms. The molecule has 1 fully saturated rings. The van der Waals surface area contributed by atoms with Crippen LogP contribution in [0.4, 0.5) is 4.79 Å². The highest BCUT2D eigenvalue weighted by atomic mass is 16.6. The molecule has 1 N–H and O–H groups in total. The predicted octanol–water partition coefficient (Wildman–Crippen LogP) is 2.68. The first kappa shape index (κ1) is 21.2. The Labute approximate surface area is 162 Å². The molecule has 1 aliphatic heterocycles. The van der Waals surface area contributed by atoms with Gasteiger partial charge in [0, 0.05) is 45.7 Å². The molecule has 2 amide bonds. The smallest absolute Gasteiger partial charge is 0.410 e. The highest BCUT2D eigenvalue weighted by Gasteiger charge is 2.25. The third kappa shape index (κ3) is 8.43. The van der Waals surface area contributed by atoms with Gasteiger partial charge in [-0.25, -0.2) is 4.79 Å². The van der Waals surface area contributed by atoms with E-state index in [1.807, 2.05) is 39.0 Å². The van der Waals surface area contributed by atoms with Gasteiger partial charge < -0.3 is 15.0 Å². The average molecular weight is 376 g/mol. The number of ether oxygens (including phenoxy) is 1. The van der Waals surface area contributed by atoms with Crippen molar-refractivity contribution in [2.75, 3.05) is 39.3 Å². The van der Waals surface area contributed by atoms with Gasteiger partial charge in [0.2, 0.25) is 5.91 Å². The van der Waals surface area contributed by atoms with E-state index >= 15 is 0 Å². The Morgan fingerprint density at radius 3 is 2.37 bits per heavy atom. The summed E-state index contributed by atoms with van der Waals surface area (Å²) in [5.41, 5.74) is 0.812. The zero-order valence-corrected chi connectivity index (χ0v) is 16.9. The summed E-state index contributed by atoms with van der Waals surface area (Å²) in [6.07, 6.45) is 2.11. The number of piperazine rings is 1. The van der Waals surface area contributed by atoms with E-state index in [0.717, 1.165) is 32.5 Å². The number of hydrogen-bond acceptors (Lipinski definition) is 4. The molecule has 0 unspecified atom stereocenters. The normalized spacial score (nSPS) is 15.4. The minimum absolute atomic E-state index is 0.110. The van der Waals surface area contributed by atoms with Crippen LogP contribution in [0.1, 0.15) is 39.2 Å². The van der Waals surface area contributed by atoms with E-state index in [4.69, 9.17) is 4.74 Å². The first-order valence-electron chi connectivity index (χ1n) is 9.84. The number of benzene rings is 1. The van der Waals surface area contributed by atoms with Crippen molar-refractivity contribution >= 4 is 12.0 Å². The third-order valence-corrected chi connectivity index (χ3v) is 4.49. The van der Waals surface area contributed by atoms with Crippen LogP contribution in [0.2, 0.25) is 0 Å². The number of rotatable bonds is 7. The topological polar surface area (TPSA) is 61.9 Å². The SMILES string of the molecule is CC(C)(C)OC(=O)N1CCN(CCNC(=O)CCCc2ccccc2)CC1. The second-order valence-corrected chi connectivity index (χ2v) is 8.00. The van der Waals surface area contributed by atoms with Gasteiger partial charge in [-0.2, -0.15) is 0 Å². The van der Waals surface area contributed by atoms with Crippen LogP contribution in [0.25, 0.3) is 0 Å². The summed E-state index contributed by atoms with van der Waals surface area (Å²) in [4.78, 5) is 28.0. The van der Waals surface area contributed by atoms with Crippen LogP contribution < -0.4 is 5.32 Å². The molecule has 150 valence electrons. The van der Waals surface area contributed by atoms with Crippen molar-refractivity contribution < 1.29 is 14.3 Å². The Hall–Kier alpha value is -2.08. The Bertz CT molecular complexity index is 590. The van der Waals surface area contributed by atoms with Crippen molar-refractivity contribution in [1.82, 2.24) is 15.1 Å². The van der Waals surface area contributed by atoms with E-state index in [9.17, 15) is 9.59 Å². The molecule has 0 atom stereocenters. The fourth-order valence-corrected chi connectivity index (χ4v) is 3.02. The van der Waals surface area contributed by atoms with Crippen LogP contribution >= 0.6 is 0 Å². The summed E-state index contributed by atoms with van der Waals surface area (Å²) in [5.74, 6) is 0.110. The molecule has 0 saturated carbocycles. The van der Waals surface area contributed by atoms with E-state index in [0.29, 0.717) is 26.1 Å². The van der Waals surface area contributed by atoms with Crippen molar-refractivity contribution in [2.24, 2.45) is 0 Å². The second kappa shape index (κ2) is 10.3. The van der Waals surface area contributed by atoms with Gasteiger partial charge in [0.15, 0.2) is 0 Å². The first-order valence-corrected chi connectivity index (χ1v) is 9.84. The molecule has 6 nitrogen and oxygen atoms in total. The maximum absolute atomic E-state index is 12.1. The van der Waals surface area contributed by atoms with Crippen molar-refractivity contribution in [3.63, 3.8) is 0 Å². The zero-order chi connectivity index (χ0) is 19.7. The molecule has 1 saturated heterocycles. The molecule has 1 aliphatic rings. The highest BCUT2D eigenvalue weighted by molar-refractivity contribution is 5.75. The lowest BCUT2D eigenvalue weighted by Crippen LogP contribution is -2.51. The van der Waals surface area contributed by atoms with Gasteiger partial charge in [0.25, 0.3) is 0 Å². The van der Waals surface area contributed by atoms with E-state index in [1.165, 1.54) is 5.56 Å². The molecular formula is C21H33N3O3. The van der Waals surface area contributed by atoms with E-state index in [2.05, 4.69) is 22.3 Å². The van der Waals surface area contributed by atoms with Gasteiger partial charge in [-0.3, -0.25) is 9.69 Å². The lowest BCUT2D eigenvalue weighted by Gasteiger charge is -2.35. The number of carbonyl (C=O) groups excluding carboxylic acids is 2. The van der Waals surface area contributed by atoms with Gasteiger partial charge in [0.05, 0.1) is 0 Å². The fourth-order valence-electron chi connectivity index (χ4n) is 3.02. The summed E-state index contributed by atoms with van der Waals surface area (Å²) in [6, 6.07) is 10.2. The van der Waals surface area contributed by atoms with Crippen LogP contribution in [0.15, 0.2) is 30.3 Å². The van der Waals surface area contributed by atoms with E-state index in [-0.39, 0.29) is 12.0 Å². The molecule has 0 aromatic heterocycles. The Morgan fingerprint density at radius 2 is 1.74 bits per heavy atom. The van der Waals surface area contributed by atoms with Crippen molar-refractivity contribution in [1.29, 1.82) is 0 Å². The second-order valence-electron chi connectivity index (χ2n) is 8.00. The van der Waals surface area contributed by atoms with Crippen LogP contribution in [0, 0.1) is 0 Å². The van der Waals surface area contributed by atoms with Gasteiger partial charge >= 0.3 is 6.09 Å². The van der Waals surface area contributed by atoms with Gasteiger partial charge in [-0.15, -0.1) is 0 Å². The summed E-state index contributed by atoms with van der Waals surface area (Å²) >= 11 is 0. The summed E-state index contributed by atoms with van der Waals surface area (Å²) < 4.78 is 5.41. The molecule has 1 aromatic carbocycles. The standard InChI is InChI=1S/C21H33N3O3/c1-21(2,3)27-20(26)24-16-14-23(15-17-24)13-12-22-19(25)11-7-10-18-8-5-4-6-9-18/h4-6,8-9H,7,10-17H2,1-3H3,(H,22,25). The molecule has 0 bridgehead atoms. The van der Waals surface area contributed by atoms with Gasteiger partial charge in [-0.05, 0) is 39.2 Å². The minimum Gasteiger partial charge on any atom is -0.444 e.